The van der Waals surface area contributed by atoms with Crippen LogP contribution >= 0.6 is 23.2 Å². The smallest absolute Gasteiger partial charge is 0.0478 e. The second-order valence-electron chi connectivity index (χ2n) is 5.33. The van der Waals surface area contributed by atoms with E-state index in [1.807, 2.05) is 12.1 Å². The number of hydrogen-bond acceptors (Lipinski definition) is 3. The zero-order valence-electron chi connectivity index (χ0n) is 11.5. The van der Waals surface area contributed by atoms with Crippen LogP contribution in [-0.2, 0) is 6.54 Å². The number of rotatable bonds is 5. The lowest BCUT2D eigenvalue weighted by Gasteiger charge is -2.24. The van der Waals surface area contributed by atoms with Crippen molar-refractivity contribution in [3.63, 3.8) is 0 Å². The number of hydrogen-bond donors (Lipinski definition) is 1. The average Bonchev–Trinajstić information content (AvgIpc) is 2.66. The van der Waals surface area contributed by atoms with E-state index >= 15 is 0 Å². The highest BCUT2D eigenvalue weighted by atomic mass is 35.5. The van der Waals surface area contributed by atoms with Gasteiger partial charge in [0.25, 0.3) is 0 Å². The van der Waals surface area contributed by atoms with Crippen LogP contribution in [0.5, 0.6) is 0 Å². The molecule has 5 heteroatoms. The minimum Gasteiger partial charge on any atom is -0.329 e. The third-order valence-electron chi connectivity index (χ3n) is 3.63. The van der Waals surface area contributed by atoms with Crippen LogP contribution in [0.25, 0.3) is 0 Å². The molecule has 1 aliphatic heterocycles. The van der Waals surface area contributed by atoms with Crippen molar-refractivity contribution in [3.8, 4) is 0 Å². The van der Waals surface area contributed by atoms with Crippen LogP contribution in [0.2, 0.25) is 10.0 Å². The van der Waals surface area contributed by atoms with E-state index in [0.29, 0.717) is 11.6 Å². The van der Waals surface area contributed by atoms with Crippen molar-refractivity contribution in [3.05, 3.63) is 33.3 Å². The minimum atomic E-state index is 0.244. The van der Waals surface area contributed by atoms with Crippen molar-refractivity contribution in [1.82, 2.24) is 9.80 Å². The highest BCUT2D eigenvalue weighted by molar-refractivity contribution is 6.35. The van der Waals surface area contributed by atoms with E-state index in [4.69, 9.17) is 28.9 Å². The van der Waals surface area contributed by atoms with E-state index in [0.717, 1.165) is 31.1 Å². The lowest BCUT2D eigenvalue weighted by molar-refractivity contribution is 0.208. The Morgan fingerprint density at radius 2 is 2.11 bits per heavy atom. The molecule has 19 heavy (non-hydrogen) atoms. The molecule has 0 aliphatic carbocycles. The zero-order chi connectivity index (χ0) is 14.0. The Morgan fingerprint density at radius 1 is 1.37 bits per heavy atom. The van der Waals surface area contributed by atoms with Crippen LogP contribution in [0.1, 0.15) is 23.6 Å². The molecule has 1 aromatic carbocycles. The molecular weight excluding hydrogens is 281 g/mol. The molecule has 0 aromatic heterocycles. The highest BCUT2D eigenvalue weighted by Gasteiger charge is 2.30. The Kier molecular flexibility index (Phi) is 5.09. The van der Waals surface area contributed by atoms with Gasteiger partial charge in [-0.15, -0.1) is 0 Å². The summed E-state index contributed by atoms with van der Waals surface area (Å²) in [5.41, 5.74) is 8.32. The Hall–Kier alpha value is -0.320. The molecule has 1 unspecified atom stereocenters. The summed E-state index contributed by atoms with van der Waals surface area (Å²) >= 11 is 12.4. The molecule has 0 fully saturated rings. The molecule has 1 aliphatic rings. The van der Waals surface area contributed by atoms with Crippen molar-refractivity contribution >= 4 is 23.2 Å². The summed E-state index contributed by atoms with van der Waals surface area (Å²) in [5, 5.41) is 1.45. The summed E-state index contributed by atoms with van der Waals surface area (Å²) in [7, 11) is 4.19. The molecule has 2 N–H and O–H groups in total. The van der Waals surface area contributed by atoms with Gasteiger partial charge in [-0.1, -0.05) is 23.2 Å². The molecule has 1 heterocycles. The van der Waals surface area contributed by atoms with Gasteiger partial charge in [0.2, 0.25) is 0 Å². The quantitative estimate of drug-likeness (QED) is 0.908. The van der Waals surface area contributed by atoms with Gasteiger partial charge >= 0.3 is 0 Å². The van der Waals surface area contributed by atoms with E-state index < -0.39 is 0 Å². The van der Waals surface area contributed by atoms with Gasteiger partial charge in [0.15, 0.2) is 0 Å². The maximum atomic E-state index is 6.29. The van der Waals surface area contributed by atoms with Gasteiger partial charge < -0.3 is 10.6 Å². The second-order valence-corrected chi connectivity index (χ2v) is 6.18. The summed E-state index contributed by atoms with van der Waals surface area (Å²) in [6.07, 6.45) is 1.13. The standard InChI is InChI=1S/C14H21Cl2N3/c1-18(2)4-3-5-19-9-12-11(14(19)8-17)6-10(15)7-13(12)16/h6-7,14H,3-5,8-9,17H2,1-2H3. The Bertz CT molecular complexity index is 449. The van der Waals surface area contributed by atoms with Crippen LogP contribution in [-0.4, -0.2) is 43.5 Å². The van der Waals surface area contributed by atoms with Gasteiger partial charge in [0, 0.05) is 35.7 Å². The first-order valence-electron chi connectivity index (χ1n) is 6.59. The fourth-order valence-corrected chi connectivity index (χ4v) is 3.27. The Morgan fingerprint density at radius 3 is 2.74 bits per heavy atom. The third-order valence-corrected chi connectivity index (χ3v) is 4.19. The zero-order valence-corrected chi connectivity index (χ0v) is 13.0. The summed E-state index contributed by atoms with van der Waals surface area (Å²) in [6.45, 7) is 3.59. The Balaban J connectivity index is 2.12. The van der Waals surface area contributed by atoms with E-state index in [-0.39, 0.29) is 6.04 Å². The van der Waals surface area contributed by atoms with Crippen molar-refractivity contribution in [2.24, 2.45) is 5.73 Å². The van der Waals surface area contributed by atoms with Gasteiger partial charge in [-0.2, -0.15) is 0 Å². The van der Waals surface area contributed by atoms with Crippen LogP contribution in [0, 0.1) is 0 Å². The number of nitrogens with zero attached hydrogens (tertiary/aromatic N) is 2. The minimum absolute atomic E-state index is 0.244. The monoisotopic (exact) mass is 301 g/mol. The summed E-state index contributed by atoms with van der Waals surface area (Å²) in [4.78, 5) is 4.60. The van der Waals surface area contributed by atoms with Crippen LogP contribution in [0.15, 0.2) is 12.1 Å². The predicted octanol–water partition coefficient (Wildman–Crippen LogP) is 2.76. The second kappa shape index (κ2) is 6.42. The average molecular weight is 302 g/mol. The normalized spacial score (nSPS) is 19.2. The molecule has 0 amide bonds. The fraction of sp³-hybridized carbons (Fsp3) is 0.571. The van der Waals surface area contributed by atoms with Gasteiger partial charge in [-0.25, -0.2) is 0 Å². The predicted molar refractivity (Wildman–Crippen MR) is 81.8 cm³/mol. The molecule has 0 radical (unpaired) electrons. The molecular formula is C14H21Cl2N3. The van der Waals surface area contributed by atoms with Crippen molar-refractivity contribution in [1.29, 1.82) is 0 Å². The van der Waals surface area contributed by atoms with E-state index in [9.17, 15) is 0 Å². The van der Waals surface area contributed by atoms with Crippen LogP contribution in [0.4, 0.5) is 0 Å². The number of nitrogens with two attached hydrogens (primary N) is 1. The molecule has 3 nitrogen and oxygen atoms in total. The lowest BCUT2D eigenvalue weighted by atomic mass is 10.0. The summed E-state index contributed by atoms with van der Waals surface area (Å²) in [5.74, 6) is 0. The first-order valence-corrected chi connectivity index (χ1v) is 7.35. The van der Waals surface area contributed by atoms with E-state index in [1.54, 1.807) is 0 Å². The summed E-state index contributed by atoms with van der Waals surface area (Å²) < 4.78 is 0. The number of halogens is 2. The summed E-state index contributed by atoms with van der Waals surface area (Å²) in [6, 6.07) is 4.07. The number of fused-ring (bicyclic) bond motifs is 1. The SMILES string of the molecule is CN(C)CCCN1Cc2c(Cl)cc(Cl)cc2C1CN. The Labute approximate surface area is 125 Å². The molecule has 1 atom stereocenters. The first-order chi connectivity index (χ1) is 9.02. The van der Waals surface area contributed by atoms with E-state index in [2.05, 4.69) is 23.9 Å². The number of benzene rings is 1. The molecule has 1 aromatic rings. The molecule has 0 bridgehead atoms. The van der Waals surface area contributed by atoms with Crippen LogP contribution in [0.3, 0.4) is 0 Å². The highest BCUT2D eigenvalue weighted by Crippen LogP contribution is 2.38. The molecule has 0 saturated carbocycles. The molecule has 0 saturated heterocycles. The van der Waals surface area contributed by atoms with Crippen LogP contribution < -0.4 is 5.73 Å². The van der Waals surface area contributed by atoms with Gasteiger partial charge in [-0.05, 0) is 50.3 Å². The maximum Gasteiger partial charge on any atom is 0.0478 e. The fourth-order valence-electron chi connectivity index (χ4n) is 2.70. The van der Waals surface area contributed by atoms with Crippen molar-refractivity contribution in [2.45, 2.75) is 19.0 Å². The van der Waals surface area contributed by atoms with E-state index in [1.165, 1.54) is 11.1 Å². The van der Waals surface area contributed by atoms with Gasteiger partial charge in [0.1, 0.15) is 0 Å². The van der Waals surface area contributed by atoms with Crippen molar-refractivity contribution < 1.29 is 0 Å². The topological polar surface area (TPSA) is 32.5 Å². The molecule has 106 valence electrons. The lowest BCUT2D eigenvalue weighted by Crippen LogP contribution is -2.30. The van der Waals surface area contributed by atoms with Crippen molar-refractivity contribution in [2.75, 3.05) is 33.7 Å². The maximum absolute atomic E-state index is 6.29. The molecule has 0 spiro atoms. The first kappa shape index (κ1) is 15.1. The molecule has 2 rings (SSSR count). The van der Waals surface area contributed by atoms with Gasteiger partial charge in [0.05, 0.1) is 0 Å². The largest absolute Gasteiger partial charge is 0.329 e. The van der Waals surface area contributed by atoms with Gasteiger partial charge in [-0.3, -0.25) is 4.90 Å². The third kappa shape index (κ3) is 3.41.